The van der Waals surface area contributed by atoms with Crippen molar-refractivity contribution in [3.8, 4) is 0 Å². The SMILES string of the molecule is CC1CCN(c2ccc(F)c(C(=O)NC3CCC(=O)NC3=O)c2)CC1. The van der Waals surface area contributed by atoms with E-state index in [2.05, 4.69) is 22.5 Å². The Kier molecular flexibility index (Phi) is 5.01. The summed E-state index contributed by atoms with van der Waals surface area (Å²) in [5.74, 6) is -1.50. The van der Waals surface area contributed by atoms with Gasteiger partial charge in [-0.25, -0.2) is 4.39 Å². The Morgan fingerprint density at radius 2 is 1.96 bits per heavy atom. The summed E-state index contributed by atoms with van der Waals surface area (Å²) in [6, 6.07) is 3.68. The molecule has 0 saturated carbocycles. The maximum Gasteiger partial charge on any atom is 0.254 e. The van der Waals surface area contributed by atoms with Gasteiger partial charge in [-0.05, 0) is 43.4 Å². The van der Waals surface area contributed by atoms with Crippen LogP contribution in [0.4, 0.5) is 10.1 Å². The zero-order valence-corrected chi connectivity index (χ0v) is 14.2. The Bertz CT molecular complexity index is 699. The molecule has 1 aromatic rings. The number of anilines is 1. The molecule has 2 aliphatic heterocycles. The minimum Gasteiger partial charge on any atom is -0.371 e. The summed E-state index contributed by atoms with van der Waals surface area (Å²) in [6.07, 6.45) is 2.51. The molecular formula is C18H22FN3O3. The highest BCUT2D eigenvalue weighted by Crippen LogP contribution is 2.25. The van der Waals surface area contributed by atoms with E-state index in [0.717, 1.165) is 31.6 Å². The van der Waals surface area contributed by atoms with Crippen molar-refractivity contribution >= 4 is 23.4 Å². The number of amides is 3. The maximum absolute atomic E-state index is 14.1. The van der Waals surface area contributed by atoms with Crippen LogP contribution in [0.3, 0.4) is 0 Å². The molecule has 0 spiro atoms. The molecule has 1 atom stereocenters. The Labute approximate surface area is 145 Å². The van der Waals surface area contributed by atoms with E-state index in [1.54, 1.807) is 6.07 Å². The summed E-state index contributed by atoms with van der Waals surface area (Å²) in [5.41, 5.74) is 0.725. The van der Waals surface area contributed by atoms with Gasteiger partial charge in [0.2, 0.25) is 11.8 Å². The first-order chi connectivity index (χ1) is 11.9. The largest absolute Gasteiger partial charge is 0.371 e. The van der Waals surface area contributed by atoms with E-state index in [0.29, 0.717) is 5.92 Å². The van der Waals surface area contributed by atoms with E-state index in [9.17, 15) is 18.8 Å². The van der Waals surface area contributed by atoms with E-state index in [1.165, 1.54) is 12.1 Å². The lowest BCUT2D eigenvalue weighted by molar-refractivity contribution is -0.134. The number of nitrogens with zero attached hydrogens (tertiary/aromatic N) is 1. The fourth-order valence-corrected chi connectivity index (χ4v) is 3.22. The van der Waals surface area contributed by atoms with Crippen LogP contribution in [-0.2, 0) is 9.59 Å². The van der Waals surface area contributed by atoms with Gasteiger partial charge in [0.1, 0.15) is 11.9 Å². The van der Waals surface area contributed by atoms with Crippen LogP contribution in [0.5, 0.6) is 0 Å². The number of carbonyl (C=O) groups is 3. The molecule has 2 aliphatic rings. The summed E-state index contributed by atoms with van der Waals surface area (Å²) in [6.45, 7) is 3.96. The van der Waals surface area contributed by atoms with Crippen molar-refractivity contribution in [2.75, 3.05) is 18.0 Å². The number of piperidine rings is 2. The number of imide groups is 1. The second-order valence-electron chi connectivity index (χ2n) is 6.81. The van der Waals surface area contributed by atoms with Crippen molar-refractivity contribution in [1.29, 1.82) is 0 Å². The Balaban J connectivity index is 1.72. The van der Waals surface area contributed by atoms with E-state index in [4.69, 9.17) is 0 Å². The summed E-state index contributed by atoms with van der Waals surface area (Å²) < 4.78 is 14.1. The second-order valence-corrected chi connectivity index (χ2v) is 6.81. The lowest BCUT2D eigenvalue weighted by Crippen LogP contribution is -2.52. The number of rotatable bonds is 3. The fourth-order valence-electron chi connectivity index (χ4n) is 3.22. The number of halogens is 1. The van der Waals surface area contributed by atoms with Gasteiger partial charge in [0, 0.05) is 25.2 Å². The van der Waals surface area contributed by atoms with Crippen molar-refractivity contribution in [2.45, 2.75) is 38.6 Å². The molecule has 2 N–H and O–H groups in total. The van der Waals surface area contributed by atoms with Crippen molar-refractivity contribution in [1.82, 2.24) is 10.6 Å². The fraction of sp³-hybridized carbons (Fsp3) is 0.500. The summed E-state index contributed by atoms with van der Waals surface area (Å²) in [4.78, 5) is 37.5. The van der Waals surface area contributed by atoms with Crippen molar-refractivity contribution in [3.05, 3.63) is 29.6 Å². The Hall–Kier alpha value is -2.44. The standard InChI is InChI=1S/C18H22FN3O3/c1-11-6-8-22(9-7-11)12-2-3-14(19)13(10-12)17(24)20-15-4-5-16(23)21-18(15)25/h2-3,10-11,15H,4-9H2,1H3,(H,20,24)(H,21,23,25). The van der Waals surface area contributed by atoms with Gasteiger partial charge in [0.15, 0.2) is 0 Å². The third kappa shape index (κ3) is 3.97. The number of carbonyl (C=O) groups excluding carboxylic acids is 3. The molecule has 25 heavy (non-hydrogen) atoms. The van der Waals surface area contributed by atoms with Gasteiger partial charge >= 0.3 is 0 Å². The molecule has 1 unspecified atom stereocenters. The number of hydrogen-bond acceptors (Lipinski definition) is 4. The summed E-state index contributed by atoms with van der Waals surface area (Å²) in [5, 5.41) is 4.70. The van der Waals surface area contributed by atoms with E-state index in [1.807, 2.05) is 0 Å². The average Bonchev–Trinajstić information content (AvgIpc) is 2.58. The number of hydrogen-bond donors (Lipinski definition) is 2. The quantitative estimate of drug-likeness (QED) is 0.814. The predicted octanol–water partition coefficient (Wildman–Crippen LogP) is 1.60. The number of nitrogens with one attached hydrogen (secondary N) is 2. The van der Waals surface area contributed by atoms with E-state index >= 15 is 0 Å². The molecule has 6 nitrogen and oxygen atoms in total. The first kappa shape index (κ1) is 17.4. The summed E-state index contributed by atoms with van der Waals surface area (Å²) >= 11 is 0. The molecule has 0 aromatic heterocycles. The highest BCUT2D eigenvalue weighted by molar-refractivity contribution is 6.04. The second kappa shape index (κ2) is 7.21. The van der Waals surface area contributed by atoms with Gasteiger partial charge in [-0.3, -0.25) is 19.7 Å². The van der Waals surface area contributed by atoms with Crippen molar-refractivity contribution < 1.29 is 18.8 Å². The van der Waals surface area contributed by atoms with Gasteiger partial charge in [0.25, 0.3) is 5.91 Å². The van der Waals surface area contributed by atoms with Gasteiger partial charge in [-0.15, -0.1) is 0 Å². The van der Waals surface area contributed by atoms with Crippen molar-refractivity contribution in [3.63, 3.8) is 0 Å². The molecule has 2 saturated heterocycles. The molecule has 0 radical (unpaired) electrons. The molecule has 134 valence electrons. The minimum absolute atomic E-state index is 0.0826. The zero-order chi connectivity index (χ0) is 18.0. The predicted molar refractivity (Wildman–Crippen MR) is 90.6 cm³/mol. The molecule has 2 fully saturated rings. The molecular weight excluding hydrogens is 325 g/mol. The van der Waals surface area contributed by atoms with Crippen LogP contribution in [0.2, 0.25) is 0 Å². The first-order valence-electron chi connectivity index (χ1n) is 8.63. The molecule has 1 aromatic carbocycles. The van der Waals surface area contributed by atoms with E-state index in [-0.39, 0.29) is 24.3 Å². The highest BCUT2D eigenvalue weighted by atomic mass is 19.1. The topological polar surface area (TPSA) is 78.5 Å². The molecule has 3 amide bonds. The Morgan fingerprint density at radius 1 is 1.24 bits per heavy atom. The van der Waals surface area contributed by atoms with Crippen LogP contribution in [0.15, 0.2) is 18.2 Å². The van der Waals surface area contributed by atoms with Gasteiger partial charge < -0.3 is 10.2 Å². The lowest BCUT2D eigenvalue weighted by Gasteiger charge is -2.32. The van der Waals surface area contributed by atoms with Gasteiger partial charge in [-0.2, -0.15) is 0 Å². The minimum atomic E-state index is -0.816. The van der Waals surface area contributed by atoms with Gasteiger partial charge in [-0.1, -0.05) is 6.92 Å². The third-order valence-corrected chi connectivity index (χ3v) is 4.89. The van der Waals surface area contributed by atoms with Crippen LogP contribution in [0.1, 0.15) is 43.0 Å². The summed E-state index contributed by atoms with van der Waals surface area (Å²) in [7, 11) is 0. The molecule has 2 heterocycles. The lowest BCUT2D eigenvalue weighted by atomic mass is 9.98. The smallest absolute Gasteiger partial charge is 0.254 e. The van der Waals surface area contributed by atoms with Crippen LogP contribution >= 0.6 is 0 Å². The molecule has 0 bridgehead atoms. The zero-order valence-electron chi connectivity index (χ0n) is 14.2. The molecule has 0 aliphatic carbocycles. The van der Waals surface area contributed by atoms with E-state index < -0.39 is 23.7 Å². The molecule has 3 rings (SSSR count). The average molecular weight is 347 g/mol. The van der Waals surface area contributed by atoms with Crippen LogP contribution in [0, 0.1) is 11.7 Å². The normalized spacial score (nSPS) is 21.8. The first-order valence-corrected chi connectivity index (χ1v) is 8.63. The van der Waals surface area contributed by atoms with Crippen LogP contribution < -0.4 is 15.5 Å². The highest BCUT2D eigenvalue weighted by Gasteiger charge is 2.29. The third-order valence-electron chi connectivity index (χ3n) is 4.89. The monoisotopic (exact) mass is 347 g/mol. The van der Waals surface area contributed by atoms with Crippen LogP contribution in [-0.4, -0.2) is 36.9 Å². The van der Waals surface area contributed by atoms with Crippen molar-refractivity contribution in [2.24, 2.45) is 5.92 Å². The maximum atomic E-state index is 14.1. The molecule has 7 heteroatoms. The Morgan fingerprint density at radius 3 is 2.64 bits per heavy atom. The van der Waals surface area contributed by atoms with Crippen LogP contribution in [0.25, 0.3) is 0 Å². The number of benzene rings is 1. The van der Waals surface area contributed by atoms with Gasteiger partial charge in [0.05, 0.1) is 5.56 Å².